The summed E-state index contributed by atoms with van der Waals surface area (Å²) in [6.45, 7) is 6.64. The Morgan fingerprint density at radius 3 is 2.90 bits per heavy atom. The first-order valence-electron chi connectivity index (χ1n) is 7.09. The maximum absolute atomic E-state index is 11.6. The minimum Gasteiger partial charge on any atom is -0.372 e. The second-order valence-corrected chi connectivity index (χ2v) is 4.74. The SMILES string of the molecule is CCCOCC(=O)Nc1ccc(N2CCNCC2)cn1. The summed E-state index contributed by atoms with van der Waals surface area (Å²) in [5.74, 6) is 0.398. The van der Waals surface area contributed by atoms with Crippen LogP contribution in [0.15, 0.2) is 18.3 Å². The lowest BCUT2D eigenvalue weighted by Gasteiger charge is -2.29. The van der Waals surface area contributed by atoms with Crippen molar-refractivity contribution in [2.24, 2.45) is 0 Å². The van der Waals surface area contributed by atoms with E-state index in [1.807, 2.05) is 19.1 Å². The topological polar surface area (TPSA) is 66.5 Å². The lowest BCUT2D eigenvalue weighted by atomic mass is 10.3. The Labute approximate surface area is 119 Å². The van der Waals surface area contributed by atoms with Gasteiger partial charge in [0.1, 0.15) is 12.4 Å². The minimum absolute atomic E-state index is 0.0784. The largest absolute Gasteiger partial charge is 0.372 e. The maximum Gasteiger partial charge on any atom is 0.251 e. The second kappa shape index (κ2) is 7.81. The molecule has 0 spiro atoms. The van der Waals surface area contributed by atoms with Crippen LogP contribution in [-0.2, 0) is 9.53 Å². The van der Waals surface area contributed by atoms with Crippen molar-refractivity contribution < 1.29 is 9.53 Å². The van der Waals surface area contributed by atoms with Crippen molar-refractivity contribution in [2.45, 2.75) is 13.3 Å². The van der Waals surface area contributed by atoms with Gasteiger partial charge in [0.2, 0.25) is 0 Å². The highest BCUT2D eigenvalue weighted by molar-refractivity contribution is 5.90. The number of nitrogens with one attached hydrogen (secondary N) is 2. The van der Waals surface area contributed by atoms with E-state index in [-0.39, 0.29) is 12.5 Å². The predicted molar refractivity (Wildman–Crippen MR) is 79.1 cm³/mol. The van der Waals surface area contributed by atoms with Crippen molar-refractivity contribution >= 4 is 17.4 Å². The first-order chi connectivity index (χ1) is 9.79. The van der Waals surface area contributed by atoms with Gasteiger partial charge < -0.3 is 20.3 Å². The molecule has 110 valence electrons. The molecular formula is C14H22N4O2. The molecule has 1 fully saturated rings. The zero-order valence-corrected chi connectivity index (χ0v) is 11.9. The molecule has 1 aliphatic heterocycles. The van der Waals surface area contributed by atoms with Gasteiger partial charge in [-0.05, 0) is 18.6 Å². The molecule has 2 N–H and O–H groups in total. The Morgan fingerprint density at radius 2 is 2.25 bits per heavy atom. The van der Waals surface area contributed by atoms with Gasteiger partial charge in [0, 0.05) is 32.8 Å². The zero-order valence-electron chi connectivity index (χ0n) is 11.9. The van der Waals surface area contributed by atoms with E-state index in [1.54, 1.807) is 6.20 Å². The molecule has 0 unspecified atom stereocenters. The number of carbonyl (C=O) groups is 1. The zero-order chi connectivity index (χ0) is 14.2. The number of ether oxygens (including phenoxy) is 1. The summed E-state index contributed by atoms with van der Waals surface area (Å²) < 4.78 is 5.18. The third-order valence-corrected chi connectivity index (χ3v) is 3.08. The summed E-state index contributed by atoms with van der Waals surface area (Å²) in [4.78, 5) is 18.1. The van der Waals surface area contributed by atoms with Crippen LogP contribution in [0.1, 0.15) is 13.3 Å². The fraction of sp³-hybridized carbons (Fsp3) is 0.571. The number of hydrogen-bond donors (Lipinski definition) is 2. The number of amides is 1. The van der Waals surface area contributed by atoms with E-state index in [1.165, 1.54) is 0 Å². The van der Waals surface area contributed by atoms with Crippen molar-refractivity contribution in [3.63, 3.8) is 0 Å². The summed E-state index contributed by atoms with van der Waals surface area (Å²) in [5, 5.41) is 6.04. The van der Waals surface area contributed by atoms with Gasteiger partial charge in [-0.15, -0.1) is 0 Å². The smallest absolute Gasteiger partial charge is 0.251 e. The number of aromatic nitrogens is 1. The van der Waals surface area contributed by atoms with E-state index in [4.69, 9.17) is 4.74 Å². The molecule has 2 heterocycles. The third-order valence-electron chi connectivity index (χ3n) is 3.08. The highest BCUT2D eigenvalue weighted by Crippen LogP contribution is 2.15. The fourth-order valence-corrected chi connectivity index (χ4v) is 2.06. The fourth-order valence-electron chi connectivity index (χ4n) is 2.06. The molecule has 1 aliphatic rings. The summed E-state index contributed by atoms with van der Waals surface area (Å²) in [5.41, 5.74) is 1.09. The number of nitrogens with zero attached hydrogens (tertiary/aromatic N) is 2. The molecular weight excluding hydrogens is 256 g/mol. The molecule has 0 atom stereocenters. The Balaban J connectivity index is 1.83. The molecule has 0 saturated carbocycles. The average molecular weight is 278 g/mol. The van der Waals surface area contributed by atoms with E-state index >= 15 is 0 Å². The van der Waals surface area contributed by atoms with Crippen LogP contribution in [0.2, 0.25) is 0 Å². The molecule has 6 nitrogen and oxygen atoms in total. The van der Waals surface area contributed by atoms with Crippen molar-refractivity contribution in [3.8, 4) is 0 Å². The highest BCUT2D eigenvalue weighted by atomic mass is 16.5. The maximum atomic E-state index is 11.6. The molecule has 0 bridgehead atoms. The molecule has 2 rings (SSSR count). The van der Waals surface area contributed by atoms with E-state index < -0.39 is 0 Å². The lowest BCUT2D eigenvalue weighted by molar-refractivity contribution is -0.120. The summed E-state index contributed by atoms with van der Waals surface area (Å²) in [7, 11) is 0. The number of hydrogen-bond acceptors (Lipinski definition) is 5. The lowest BCUT2D eigenvalue weighted by Crippen LogP contribution is -2.43. The average Bonchev–Trinajstić information content (AvgIpc) is 2.49. The Bertz CT molecular complexity index is 416. The van der Waals surface area contributed by atoms with Crippen LogP contribution < -0.4 is 15.5 Å². The third kappa shape index (κ3) is 4.47. The van der Waals surface area contributed by atoms with Gasteiger partial charge in [0.05, 0.1) is 11.9 Å². The van der Waals surface area contributed by atoms with Crippen LogP contribution in [0.25, 0.3) is 0 Å². The Hall–Kier alpha value is -1.66. The first kappa shape index (κ1) is 14.7. The summed E-state index contributed by atoms with van der Waals surface area (Å²) >= 11 is 0. The molecule has 1 saturated heterocycles. The number of pyridine rings is 1. The monoisotopic (exact) mass is 278 g/mol. The Kier molecular flexibility index (Phi) is 5.76. The molecule has 1 amide bonds. The van der Waals surface area contributed by atoms with Crippen LogP contribution in [-0.4, -0.2) is 50.3 Å². The van der Waals surface area contributed by atoms with Gasteiger partial charge in [0.15, 0.2) is 0 Å². The number of anilines is 2. The Morgan fingerprint density at radius 1 is 1.45 bits per heavy atom. The molecule has 0 radical (unpaired) electrons. The van der Waals surface area contributed by atoms with E-state index in [0.717, 1.165) is 38.3 Å². The van der Waals surface area contributed by atoms with Gasteiger partial charge in [-0.1, -0.05) is 6.92 Å². The van der Waals surface area contributed by atoms with Gasteiger partial charge >= 0.3 is 0 Å². The first-order valence-corrected chi connectivity index (χ1v) is 7.09. The van der Waals surface area contributed by atoms with Crippen LogP contribution in [0.3, 0.4) is 0 Å². The van der Waals surface area contributed by atoms with Crippen molar-refractivity contribution in [2.75, 3.05) is 49.6 Å². The normalized spacial score (nSPS) is 15.2. The van der Waals surface area contributed by atoms with E-state index in [2.05, 4.69) is 20.5 Å². The van der Waals surface area contributed by atoms with Crippen molar-refractivity contribution in [1.82, 2.24) is 10.3 Å². The van der Waals surface area contributed by atoms with Crippen molar-refractivity contribution in [1.29, 1.82) is 0 Å². The molecule has 0 aromatic carbocycles. The molecule has 1 aromatic heterocycles. The highest BCUT2D eigenvalue weighted by Gasteiger charge is 2.11. The standard InChI is InChI=1S/C14H22N4O2/c1-2-9-20-11-14(19)17-13-4-3-12(10-16-13)18-7-5-15-6-8-18/h3-4,10,15H,2,5-9,11H2,1H3,(H,16,17,19). The van der Waals surface area contributed by atoms with Crippen LogP contribution in [0.5, 0.6) is 0 Å². The summed E-state index contributed by atoms with van der Waals surface area (Å²) in [6.07, 6.45) is 2.71. The van der Waals surface area contributed by atoms with E-state index in [0.29, 0.717) is 12.4 Å². The molecule has 1 aromatic rings. The molecule has 20 heavy (non-hydrogen) atoms. The molecule has 6 heteroatoms. The van der Waals surface area contributed by atoms with Gasteiger partial charge in [-0.25, -0.2) is 4.98 Å². The van der Waals surface area contributed by atoms with E-state index in [9.17, 15) is 4.79 Å². The van der Waals surface area contributed by atoms with Gasteiger partial charge in [0.25, 0.3) is 5.91 Å². The van der Waals surface area contributed by atoms with Crippen molar-refractivity contribution in [3.05, 3.63) is 18.3 Å². The predicted octanol–water partition coefficient (Wildman–Crippen LogP) is 0.856. The quantitative estimate of drug-likeness (QED) is 0.755. The van der Waals surface area contributed by atoms with Gasteiger partial charge in [-0.3, -0.25) is 4.79 Å². The van der Waals surface area contributed by atoms with Crippen LogP contribution >= 0.6 is 0 Å². The van der Waals surface area contributed by atoms with Crippen LogP contribution in [0, 0.1) is 0 Å². The molecule has 0 aliphatic carbocycles. The van der Waals surface area contributed by atoms with Crippen LogP contribution in [0.4, 0.5) is 11.5 Å². The number of rotatable bonds is 6. The minimum atomic E-state index is -0.166. The number of carbonyl (C=O) groups excluding carboxylic acids is 1. The summed E-state index contributed by atoms with van der Waals surface area (Å²) in [6, 6.07) is 3.82. The number of piperazine rings is 1. The second-order valence-electron chi connectivity index (χ2n) is 4.74. The van der Waals surface area contributed by atoms with Gasteiger partial charge in [-0.2, -0.15) is 0 Å².